The summed E-state index contributed by atoms with van der Waals surface area (Å²) < 4.78 is 30.2. The predicted octanol–water partition coefficient (Wildman–Crippen LogP) is -0.0236. The molecule has 36 heavy (non-hydrogen) atoms. The molecule has 4 fully saturated rings. The lowest BCUT2D eigenvalue weighted by molar-refractivity contribution is -0.0528. The van der Waals surface area contributed by atoms with Gasteiger partial charge < -0.3 is 43.7 Å². The number of nitrogens with zero attached hydrogens (tertiary/aromatic N) is 4. The molecule has 4 saturated heterocycles. The van der Waals surface area contributed by atoms with Crippen LogP contribution < -0.4 is 10.1 Å². The summed E-state index contributed by atoms with van der Waals surface area (Å²) in [6, 6.07) is 3.36. The van der Waals surface area contributed by atoms with Crippen LogP contribution in [0.3, 0.4) is 0 Å². The van der Waals surface area contributed by atoms with Gasteiger partial charge in [-0.25, -0.2) is 4.79 Å². The van der Waals surface area contributed by atoms with Gasteiger partial charge in [-0.15, -0.1) is 0 Å². The summed E-state index contributed by atoms with van der Waals surface area (Å²) in [6.45, 7) is 8.46. The second-order valence-electron chi connectivity index (χ2n) is 10.3. The minimum Gasteiger partial charge on any atom is -0.483 e. The maximum Gasteiger partial charge on any atom is 0.317 e. The normalized spacial score (nSPS) is 33.3. The molecule has 1 aromatic heterocycles. The molecule has 4 aliphatic heterocycles. The molecule has 1 aromatic rings. The Morgan fingerprint density at radius 1 is 1.06 bits per heavy atom. The monoisotopic (exact) mass is 505 g/mol. The lowest BCUT2D eigenvalue weighted by atomic mass is 10.1. The van der Waals surface area contributed by atoms with Crippen molar-refractivity contribution in [3.8, 4) is 5.75 Å². The van der Waals surface area contributed by atoms with Gasteiger partial charge >= 0.3 is 6.03 Å². The Morgan fingerprint density at radius 3 is 2.36 bits per heavy atom. The lowest BCUT2D eigenvalue weighted by Crippen LogP contribution is -2.56. The molecule has 0 spiro atoms. The van der Waals surface area contributed by atoms with Crippen LogP contribution in [0.1, 0.15) is 5.69 Å². The molecule has 5 heterocycles. The largest absolute Gasteiger partial charge is 0.483 e. The summed E-state index contributed by atoms with van der Waals surface area (Å²) >= 11 is 0. The van der Waals surface area contributed by atoms with Gasteiger partial charge in [0.1, 0.15) is 18.0 Å². The first kappa shape index (κ1) is 25.6. The number of aromatic nitrogens is 1. The second kappa shape index (κ2) is 11.6. The van der Waals surface area contributed by atoms with E-state index in [0.717, 1.165) is 37.6 Å². The van der Waals surface area contributed by atoms with Gasteiger partial charge in [0, 0.05) is 45.5 Å². The van der Waals surface area contributed by atoms with Crippen LogP contribution in [0.15, 0.2) is 18.3 Å². The summed E-state index contributed by atoms with van der Waals surface area (Å²) in [5, 5.41) is 3.18. The SMILES string of the molecule is Cc1ncccc1O[C@H]1CO[C@H]2[C@@H]1OC[C@@H]2NC(=O)N(CC1CN(C)CCO1)CC1CN(C)CCO1. The van der Waals surface area contributed by atoms with E-state index in [2.05, 4.69) is 34.2 Å². The van der Waals surface area contributed by atoms with Crippen LogP contribution in [0, 0.1) is 6.92 Å². The predicted molar refractivity (Wildman–Crippen MR) is 131 cm³/mol. The number of hydrogen-bond donors (Lipinski definition) is 1. The van der Waals surface area contributed by atoms with Gasteiger partial charge in [0.05, 0.1) is 50.4 Å². The van der Waals surface area contributed by atoms with Crippen LogP contribution in [-0.4, -0.2) is 142 Å². The molecule has 0 aromatic carbocycles. The highest BCUT2D eigenvalue weighted by Gasteiger charge is 2.50. The van der Waals surface area contributed by atoms with Gasteiger partial charge in [0.2, 0.25) is 0 Å². The lowest BCUT2D eigenvalue weighted by Gasteiger charge is -2.37. The van der Waals surface area contributed by atoms with E-state index in [1.165, 1.54) is 0 Å². The summed E-state index contributed by atoms with van der Waals surface area (Å²) in [4.78, 5) is 24.1. The molecular weight excluding hydrogens is 466 g/mol. The molecule has 5 rings (SSSR count). The molecule has 0 saturated carbocycles. The van der Waals surface area contributed by atoms with Gasteiger partial charge in [-0.1, -0.05) is 0 Å². The maximum absolute atomic E-state index is 13.5. The fraction of sp³-hybridized carbons (Fsp3) is 0.760. The van der Waals surface area contributed by atoms with Crippen molar-refractivity contribution >= 4 is 6.03 Å². The molecule has 200 valence electrons. The van der Waals surface area contributed by atoms with Crippen molar-refractivity contribution < 1.29 is 28.5 Å². The van der Waals surface area contributed by atoms with Crippen LogP contribution in [0.25, 0.3) is 0 Å². The zero-order chi connectivity index (χ0) is 25.1. The number of nitrogens with one attached hydrogen (secondary N) is 1. The highest BCUT2D eigenvalue weighted by atomic mass is 16.6. The highest BCUT2D eigenvalue weighted by molar-refractivity contribution is 5.74. The van der Waals surface area contributed by atoms with Crippen molar-refractivity contribution in [1.29, 1.82) is 0 Å². The number of morpholine rings is 2. The van der Waals surface area contributed by atoms with E-state index >= 15 is 0 Å². The number of pyridine rings is 1. The number of likely N-dealkylation sites (N-methyl/N-ethyl adjacent to an activating group) is 2. The molecule has 11 nitrogen and oxygen atoms in total. The van der Waals surface area contributed by atoms with E-state index < -0.39 is 0 Å². The van der Waals surface area contributed by atoms with E-state index in [1.807, 2.05) is 24.0 Å². The number of amides is 2. The van der Waals surface area contributed by atoms with Crippen molar-refractivity contribution in [3.63, 3.8) is 0 Å². The van der Waals surface area contributed by atoms with Crippen molar-refractivity contribution in [1.82, 2.24) is 25.0 Å². The molecular formula is C25H39N5O6. The third-order valence-corrected chi connectivity index (χ3v) is 7.37. The van der Waals surface area contributed by atoms with E-state index in [1.54, 1.807) is 6.20 Å². The number of carbonyl (C=O) groups excluding carboxylic acids is 1. The molecule has 2 amide bonds. The third kappa shape index (κ3) is 6.09. The summed E-state index contributed by atoms with van der Waals surface area (Å²) in [7, 11) is 4.16. The van der Waals surface area contributed by atoms with Crippen molar-refractivity contribution in [2.24, 2.45) is 0 Å². The molecule has 2 unspecified atom stereocenters. The number of carbonyl (C=O) groups is 1. The Labute approximate surface area is 212 Å². The Hall–Kier alpha value is -2.02. The van der Waals surface area contributed by atoms with Crippen LogP contribution in [0.5, 0.6) is 5.75 Å². The molecule has 6 atom stereocenters. The van der Waals surface area contributed by atoms with Gasteiger partial charge in [0.15, 0.2) is 6.10 Å². The number of aryl methyl sites for hydroxylation is 1. The Bertz CT molecular complexity index is 868. The van der Waals surface area contributed by atoms with Gasteiger partial charge in [-0.3, -0.25) is 4.98 Å². The van der Waals surface area contributed by atoms with Crippen LogP contribution in [-0.2, 0) is 18.9 Å². The van der Waals surface area contributed by atoms with Gasteiger partial charge in [-0.05, 0) is 33.2 Å². The first-order valence-electron chi connectivity index (χ1n) is 12.9. The fourth-order valence-electron chi connectivity index (χ4n) is 5.38. The Kier molecular flexibility index (Phi) is 8.24. The molecule has 4 aliphatic rings. The number of hydrogen-bond acceptors (Lipinski definition) is 9. The van der Waals surface area contributed by atoms with Crippen molar-refractivity contribution in [2.45, 2.75) is 43.5 Å². The van der Waals surface area contributed by atoms with E-state index in [4.69, 9.17) is 23.7 Å². The topological polar surface area (TPSA) is 97.9 Å². The minimum absolute atomic E-state index is 0.0355. The number of ether oxygens (including phenoxy) is 5. The highest BCUT2D eigenvalue weighted by Crippen LogP contribution is 2.30. The summed E-state index contributed by atoms with van der Waals surface area (Å²) in [6.07, 6.45) is 0.930. The zero-order valence-corrected chi connectivity index (χ0v) is 21.5. The number of fused-ring (bicyclic) bond motifs is 1. The summed E-state index contributed by atoms with van der Waals surface area (Å²) in [5.41, 5.74) is 0.825. The van der Waals surface area contributed by atoms with Gasteiger partial charge in [-0.2, -0.15) is 0 Å². The second-order valence-corrected chi connectivity index (χ2v) is 10.3. The van der Waals surface area contributed by atoms with Gasteiger partial charge in [0.25, 0.3) is 0 Å². The quantitative estimate of drug-likeness (QED) is 0.548. The Balaban J connectivity index is 1.20. The molecule has 0 bridgehead atoms. The van der Waals surface area contributed by atoms with Crippen molar-refractivity contribution in [3.05, 3.63) is 24.0 Å². The maximum atomic E-state index is 13.5. The Morgan fingerprint density at radius 2 is 1.72 bits per heavy atom. The first-order valence-corrected chi connectivity index (χ1v) is 12.9. The average molecular weight is 506 g/mol. The van der Waals surface area contributed by atoms with Crippen molar-refractivity contribution in [2.75, 3.05) is 79.8 Å². The first-order chi connectivity index (χ1) is 17.5. The standard InChI is InChI=1S/C25H39N5O6/c1-17-21(5-4-6-26-17)36-22-16-35-23-20(15-34-24(22)23)27-25(31)30(13-18-11-28(2)7-9-32-18)14-19-12-29(3)8-10-33-19/h4-6,18-20,22-24H,7-16H2,1-3H3,(H,27,31)/t18?,19?,20-,22-,23+,24+/m0/s1. The van der Waals surface area contributed by atoms with E-state index in [-0.39, 0.29) is 42.6 Å². The van der Waals surface area contributed by atoms with Crippen LogP contribution in [0.4, 0.5) is 4.79 Å². The fourth-order valence-corrected chi connectivity index (χ4v) is 5.38. The smallest absolute Gasteiger partial charge is 0.317 e. The average Bonchev–Trinajstić information content (AvgIpc) is 3.43. The molecule has 11 heteroatoms. The zero-order valence-electron chi connectivity index (χ0n) is 21.5. The van der Waals surface area contributed by atoms with Crippen LogP contribution in [0.2, 0.25) is 0 Å². The molecule has 0 aliphatic carbocycles. The number of urea groups is 1. The minimum atomic E-state index is -0.257. The number of rotatable bonds is 7. The molecule has 0 radical (unpaired) electrons. The third-order valence-electron chi connectivity index (χ3n) is 7.37. The molecule has 1 N–H and O–H groups in total. The summed E-state index contributed by atoms with van der Waals surface area (Å²) in [5.74, 6) is 0.726. The van der Waals surface area contributed by atoms with Crippen LogP contribution >= 0.6 is 0 Å². The van der Waals surface area contributed by atoms with E-state index in [0.29, 0.717) is 39.5 Å². The van der Waals surface area contributed by atoms with E-state index in [9.17, 15) is 4.79 Å².